The van der Waals surface area contributed by atoms with Gasteiger partial charge in [-0.3, -0.25) is 15.6 Å². The van der Waals surface area contributed by atoms with E-state index >= 15 is 0 Å². The average Bonchev–Trinajstić information content (AvgIpc) is 3.34. The summed E-state index contributed by atoms with van der Waals surface area (Å²) in [5, 5.41) is 3.13. The van der Waals surface area contributed by atoms with E-state index in [4.69, 9.17) is 0 Å². The van der Waals surface area contributed by atoms with Gasteiger partial charge in [-0.1, -0.05) is 43.2 Å². The van der Waals surface area contributed by atoms with Crippen molar-refractivity contribution in [1.82, 2.24) is 21.1 Å². The first-order chi connectivity index (χ1) is 13.3. The predicted molar refractivity (Wildman–Crippen MR) is 108 cm³/mol. The highest BCUT2D eigenvalue weighted by Crippen LogP contribution is 2.31. The van der Waals surface area contributed by atoms with Crippen molar-refractivity contribution < 1.29 is 4.79 Å². The van der Waals surface area contributed by atoms with E-state index in [-0.39, 0.29) is 5.91 Å². The van der Waals surface area contributed by atoms with Crippen molar-refractivity contribution in [2.75, 3.05) is 26.2 Å². The van der Waals surface area contributed by atoms with E-state index in [1.54, 1.807) is 0 Å². The van der Waals surface area contributed by atoms with Crippen molar-refractivity contribution in [2.45, 2.75) is 62.9 Å². The molecule has 4 atom stereocenters. The lowest BCUT2D eigenvalue weighted by molar-refractivity contribution is -0.121. The first-order valence-electron chi connectivity index (χ1n) is 10.8. The molecule has 4 rings (SSSR count). The van der Waals surface area contributed by atoms with Gasteiger partial charge in [0.15, 0.2) is 0 Å². The van der Waals surface area contributed by atoms with Gasteiger partial charge in [-0.25, -0.2) is 0 Å². The lowest BCUT2D eigenvalue weighted by atomic mass is 9.80. The van der Waals surface area contributed by atoms with Crippen LogP contribution >= 0.6 is 0 Å². The van der Waals surface area contributed by atoms with Crippen LogP contribution in [0.2, 0.25) is 0 Å². The maximum atomic E-state index is 12.2. The van der Waals surface area contributed by atoms with E-state index in [0.29, 0.717) is 30.3 Å². The number of nitrogens with one attached hydrogen (secondary N) is 3. The molecule has 0 spiro atoms. The normalized spacial score (nSPS) is 31.0. The Labute approximate surface area is 163 Å². The predicted octanol–water partition coefficient (Wildman–Crippen LogP) is 2.41. The highest BCUT2D eigenvalue weighted by molar-refractivity contribution is 5.75. The number of carbonyl (C=O) groups is 1. The molecule has 1 aromatic carbocycles. The number of nitrogens with zero attached hydrogens (tertiary/aromatic N) is 1. The Morgan fingerprint density at radius 2 is 1.96 bits per heavy atom. The van der Waals surface area contributed by atoms with Gasteiger partial charge in [0.2, 0.25) is 5.91 Å². The average molecular weight is 371 g/mol. The molecule has 1 aromatic rings. The summed E-state index contributed by atoms with van der Waals surface area (Å²) in [5.41, 5.74) is 8.33. The molecule has 148 valence electrons. The number of hydrogen-bond acceptors (Lipinski definition) is 4. The van der Waals surface area contributed by atoms with E-state index in [9.17, 15) is 4.79 Å². The summed E-state index contributed by atoms with van der Waals surface area (Å²) in [6, 6.07) is 11.9. The fraction of sp³-hybridized carbons (Fsp3) is 0.682. The van der Waals surface area contributed by atoms with Gasteiger partial charge >= 0.3 is 0 Å². The first kappa shape index (κ1) is 18.9. The molecule has 0 aromatic heterocycles. The molecule has 3 fully saturated rings. The van der Waals surface area contributed by atoms with Gasteiger partial charge in [0.25, 0.3) is 0 Å². The molecule has 5 nitrogen and oxygen atoms in total. The lowest BCUT2D eigenvalue weighted by Gasteiger charge is -2.27. The number of hydrogen-bond donors (Lipinski definition) is 3. The van der Waals surface area contributed by atoms with Gasteiger partial charge < -0.3 is 10.2 Å². The number of likely N-dealkylation sites (tertiary alicyclic amines) is 1. The number of fused-ring (bicyclic) bond motifs is 1. The highest BCUT2D eigenvalue weighted by atomic mass is 16.1. The minimum atomic E-state index is 0.204. The van der Waals surface area contributed by atoms with Gasteiger partial charge in [0.1, 0.15) is 0 Å². The summed E-state index contributed by atoms with van der Waals surface area (Å²) < 4.78 is 0. The molecule has 1 amide bonds. The molecule has 0 radical (unpaired) electrons. The summed E-state index contributed by atoms with van der Waals surface area (Å²) in [7, 11) is 0. The van der Waals surface area contributed by atoms with Crippen molar-refractivity contribution in [3.63, 3.8) is 0 Å². The van der Waals surface area contributed by atoms with E-state index in [1.807, 2.05) is 0 Å². The van der Waals surface area contributed by atoms with Crippen LogP contribution in [-0.4, -0.2) is 49.1 Å². The van der Waals surface area contributed by atoms with Crippen LogP contribution in [0.15, 0.2) is 30.3 Å². The highest BCUT2D eigenvalue weighted by Gasteiger charge is 2.36. The molecule has 1 saturated carbocycles. The first-order valence-corrected chi connectivity index (χ1v) is 10.8. The molecule has 27 heavy (non-hydrogen) atoms. The molecule has 3 N–H and O–H groups in total. The topological polar surface area (TPSA) is 56.4 Å². The van der Waals surface area contributed by atoms with Crippen molar-refractivity contribution in [3.05, 3.63) is 35.9 Å². The molecular formula is C22H34N4O. The number of benzene rings is 1. The minimum Gasteiger partial charge on any atom is -0.355 e. The number of amides is 1. The molecule has 2 heterocycles. The van der Waals surface area contributed by atoms with Crippen molar-refractivity contribution in [3.8, 4) is 0 Å². The maximum Gasteiger partial charge on any atom is 0.220 e. The molecule has 2 aliphatic heterocycles. The van der Waals surface area contributed by atoms with Gasteiger partial charge in [-0.2, -0.15) is 0 Å². The van der Waals surface area contributed by atoms with E-state index < -0.39 is 0 Å². The van der Waals surface area contributed by atoms with Crippen molar-refractivity contribution in [1.29, 1.82) is 0 Å². The lowest BCUT2D eigenvalue weighted by Crippen LogP contribution is -2.36. The summed E-state index contributed by atoms with van der Waals surface area (Å²) in [6.45, 7) is 3.97. The van der Waals surface area contributed by atoms with Crippen LogP contribution in [-0.2, 0) is 4.79 Å². The monoisotopic (exact) mass is 370 g/mol. The second kappa shape index (κ2) is 9.18. The Bertz CT molecular complexity index is 608. The molecule has 5 heteroatoms. The molecular weight excluding hydrogens is 336 g/mol. The van der Waals surface area contributed by atoms with Gasteiger partial charge in [-0.05, 0) is 49.6 Å². The molecule has 0 bridgehead atoms. The molecule has 2 saturated heterocycles. The zero-order valence-electron chi connectivity index (χ0n) is 16.3. The van der Waals surface area contributed by atoms with E-state index in [2.05, 4.69) is 51.4 Å². The fourth-order valence-electron chi connectivity index (χ4n) is 5.19. The van der Waals surface area contributed by atoms with Crippen LogP contribution in [0.25, 0.3) is 0 Å². The van der Waals surface area contributed by atoms with Crippen LogP contribution in [0, 0.1) is 5.92 Å². The summed E-state index contributed by atoms with van der Waals surface area (Å²) in [5.74, 6) is 1.56. The zero-order valence-corrected chi connectivity index (χ0v) is 16.3. The number of hydrazine groups is 1. The van der Waals surface area contributed by atoms with Gasteiger partial charge in [-0.15, -0.1) is 0 Å². The van der Waals surface area contributed by atoms with Crippen molar-refractivity contribution in [2.24, 2.45) is 5.92 Å². The van der Waals surface area contributed by atoms with Crippen LogP contribution in [0.3, 0.4) is 0 Å². The van der Waals surface area contributed by atoms with Crippen LogP contribution in [0.4, 0.5) is 0 Å². The second-order valence-electron chi connectivity index (χ2n) is 8.54. The minimum absolute atomic E-state index is 0.204. The number of carbonyl (C=O) groups excluding carboxylic acids is 1. The quantitative estimate of drug-likeness (QED) is 0.690. The van der Waals surface area contributed by atoms with Gasteiger partial charge in [0.05, 0.1) is 0 Å². The standard InChI is InChI=1S/C22H34N4O/c27-22(11-10-21-19-8-4-5-9-20(19)24-25-21)23-13-15-26-14-12-18(16-26)17-6-2-1-3-7-17/h1-3,6-7,18-21,24-25H,4-5,8-16H2,(H,23,27). The fourth-order valence-corrected chi connectivity index (χ4v) is 5.19. The third-order valence-electron chi connectivity index (χ3n) is 6.77. The Hall–Kier alpha value is -1.43. The van der Waals surface area contributed by atoms with Crippen LogP contribution in [0.1, 0.15) is 56.4 Å². The zero-order chi connectivity index (χ0) is 18.5. The van der Waals surface area contributed by atoms with E-state index in [0.717, 1.165) is 32.6 Å². The second-order valence-corrected chi connectivity index (χ2v) is 8.54. The third-order valence-corrected chi connectivity index (χ3v) is 6.77. The summed E-state index contributed by atoms with van der Waals surface area (Å²) in [4.78, 5) is 14.7. The Kier molecular flexibility index (Phi) is 6.43. The SMILES string of the molecule is O=C(CCC1NNC2CCCCC21)NCCN1CCC(c2ccccc2)C1. The maximum absolute atomic E-state index is 12.2. The Balaban J connectivity index is 1.11. The van der Waals surface area contributed by atoms with E-state index in [1.165, 1.54) is 37.7 Å². The summed E-state index contributed by atoms with van der Waals surface area (Å²) >= 11 is 0. The number of rotatable bonds is 7. The largest absolute Gasteiger partial charge is 0.355 e. The van der Waals surface area contributed by atoms with Crippen LogP contribution < -0.4 is 16.2 Å². The molecule has 1 aliphatic carbocycles. The smallest absolute Gasteiger partial charge is 0.220 e. The summed E-state index contributed by atoms with van der Waals surface area (Å²) in [6.07, 6.45) is 8.06. The third kappa shape index (κ3) is 4.89. The van der Waals surface area contributed by atoms with Gasteiger partial charge in [0, 0.05) is 38.1 Å². The van der Waals surface area contributed by atoms with Crippen molar-refractivity contribution >= 4 is 5.91 Å². The Morgan fingerprint density at radius 1 is 1.11 bits per heavy atom. The molecule has 4 unspecified atom stereocenters. The van der Waals surface area contributed by atoms with Crippen LogP contribution in [0.5, 0.6) is 0 Å². The Morgan fingerprint density at radius 3 is 2.85 bits per heavy atom. The molecule has 3 aliphatic rings.